The van der Waals surface area contributed by atoms with Crippen molar-refractivity contribution < 1.29 is 9.53 Å². The van der Waals surface area contributed by atoms with Gasteiger partial charge in [-0.25, -0.2) is 9.67 Å². The van der Waals surface area contributed by atoms with Crippen LogP contribution < -0.4 is 0 Å². The Balaban J connectivity index is 2.37. The summed E-state index contributed by atoms with van der Waals surface area (Å²) < 4.78 is 7.06. The Bertz CT molecular complexity index is 537. The van der Waals surface area contributed by atoms with Gasteiger partial charge in [0.25, 0.3) is 0 Å². The predicted octanol–water partition coefficient (Wildman–Crippen LogP) is 2.34. The molecule has 19 heavy (non-hydrogen) atoms. The monoisotopic (exact) mass is 259 g/mol. The van der Waals surface area contributed by atoms with E-state index in [-0.39, 0.29) is 5.97 Å². The van der Waals surface area contributed by atoms with Gasteiger partial charge < -0.3 is 4.74 Å². The van der Waals surface area contributed by atoms with Gasteiger partial charge in [0, 0.05) is 18.9 Å². The molecule has 1 unspecified atom stereocenters. The molecule has 5 heteroatoms. The molecule has 0 amide bonds. The van der Waals surface area contributed by atoms with E-state index in [0.717, 1.165) is 24.2 Å². The summed E-state index contributed by atoms with van der Waals surface area (Å²) in [7, 11) is 0. The lowest BCUT2D eigenvalue weighted by atomic mass is 10.2. The third-order valence-corrected chi connectivity index (χ3v) is 2.71. The Kier molecular flexibility index (Phi) is 4.28. The van der Waals surface area contributed by atoms with E-state index in [9.17, 15) is 4.79 Å². The maximum Gasteiger partial charge on any atom is 0.304 e. The summed E-state index contributed by atoms with van der Waals surface area (Å²) in [5, 5.41) is 4.19. The lowest BCUT2D eigenvalue weighted by molar-refractivity contribution is -0.149. The highest BCUT2D eigenvalue weighted by Crippen LogP contribution is 2.20. The third kappa shape index (κ3) is 3.19. The first kappa shape index (κ1) is 13.3. The molecular weight excluding hydrogens is 242 g/mol. The van der Waals surface area contributed by atoms with Gasteiger partial charge in [-0.2, -0.15) is 5.10 Å². The van der Waals surface area contributed by atoms with Gasteiger partial charge in [0.15, 0.2) is 0 Å². The third-order valence-electron chi connectivity index (χ3n) is 2.71. The Hall–Kier alpha value is -2.17. The van der Waals surface area contributed by atoms with Crippen molar-refractivity contribution in [2.45, 2.75) is 32.9 Å². The van der Waals surface area contributed by atoms with Gasteiger partial charge in [0.1, 0.15) is 12.2 Å². The molecule has 0 aliphatic heterocycles. The van der Waals surface area contributed by atoms with Gasteiger partial charge in [-0.05, 0) is 6.42 Å². The number of esters is 1. The molecule has 0 aliphatic rings. The van der Waals surface area contributed by atoms with E-state index >= 15 is 0 Å². The lowest BCUT2D eigenvalue weighted by Crippen LogP contribution is -2.20. The minimum atomic E-state index is -0.553. The molecule has 2 aromatic rings. The average Bonchev–Trinajstić information content (AvgIpc) is 2.85. The molecule has 0 saturated carbocycles. The minimum absolute atomic E-state index is 0.341. The molecule has 1 aromatic heterocycles. The first-order chi connectivity index (χ1) is 9.22. The molecule has 1 heterocycles. The van der Waals surface area contributed by atoms with Gasteiger partial charge in [-0.15, -0.1) is 0 Å². The molecular formula is C14H17N3O2. The van der Waals surface area contributed by atoms with Crippen LogP contribution in [0.25, 0.3) is 0 Å². The fourth-order valence-electron chi connectivity index (χ4n) is 1.91. The second kappa shape index (κ2) is 6.13. The van der Waals surface area contributed by atoms with Gasteiger partial charge in [-0.1, -0.05) is 37.3 Å². The summed E-state index contributed by atoms with van der Waals surface area (Å²) in [6, 6.07) is 9.54. The zero-order valence-corrected chi connectivity index (χ0v) is 11.1. The molecule has 1 aromatic carbocycles. The number of aryl methyl sites for hydroxylation is 1. The smallest absolute Gasteiger partial charge is 0.304 e. The summed E-state index contributed by atoms with van der Waals surface area (Å²) >= 11 is 0. The van der Waals surface area contributed by atoms with Crippen molar-refractivity contribution in [2.24, 2.45) is 0 Å². The molecule has 100 valence electrons. The molecule has 0 bridgehead atoms. The number of nitrogens with zero attached hydrogens (tertiary/aromatic N) is 3. The molecule has 0 aliphatic carbocycles. The Morgan fingerprint density at radius 1 is 1.37 bits per heavy atom. The maximum absolute atomic E-state index is 11.3. The quantitative estimate of drug-likeness (QED) is 0.773. The zero-order valence-electron chi connectivity index (χ0n) is 11.1. The van der Waals surface area contributed by atoms with Crippen molar-refractivity contribution in [1.82, 2.24) is 14.8 Å². The van der Waals surface area contributed by atoms with Gasteiger partial charge in [-0.3, -0.25) is 4.79 Å². The molecule has 0 saturated heterocycles. The largest absolute Gasteiger partial charge is 0.435 e. The second-order valence-electron chi connectivity index (χ2n) is 4.24. The summed E-state index contributed by atoms with van der Waals surface area (Å²) in [6.07, 6.45) is 2.69. The van der Waals surface area contributed by atoms with Gasteiger partial charge in [0.05, 0.1) is 0 Å². The van der Waals surface area contributed by atoms with Crippen LogP contribution in [-0.2, 0) is 16.0 Å². The fraction of sp³-hybridized carbons (Fsp3) is 0.357. The van der Waals surface area contributed by atoms with E-state index in [1.807, 2.05) is 30.3 Å². The zero-order chi connectivity index (χ0) is 13.7. The van der Waals surface area contributed by atoms with Crippen molar-refractivity contribution in [2.75, 3.05) is 0 Å². The predicted molar refractivity (Wildman–Crippen MR) is 70.4 cm³/mol. The molecule has 0 radical (unpaired) electrons. The van der Waals surface area contributed by atoms with E-state index < -0.39 is 6.23 Å². The number of carbonyl (C=O) groups excluding carboxylic acids is 1. The van der Waals surface area contributed by atoms with E-state index in [2.05, 4.69) is 17.0 Å². The number of ether oxygens (including phenoxy) is 1. The van der Waals surface area contributed by atoms with Crippen LogP contribution in [0.3, 0.4) is 0 Å². The van der Waals surface area contributed by atoms with E-state index in [1.54, 1.807) is 4.68 Å². The van der Waals surface area contributed by atoms with Crippen LogP contribution in [0, 0.1) is 0 Å². The van der Waals surface area contributed by atoms with Crippen LogP contribution >= 0.6 is 0 Å². The van der Waals surface area contributed by atoms with Crippen LogP contribution in [0.1, 0.15) is 37.9 Å². The average molecular weight is 259 g/mol. The SMILES string of the molecule is CCCc1ncnn1C(OC(C)=O)c1ccccc1. The summed E-state index contributed by atoms with van der Waals surface area (Å²) in [5.41, 5.74) is 0.876. The Morgan fingerprint density at radius 2 is 2.11 bits per heavy atom. The van der Waals surface area contributed by atoms with Crippen molar-refractivity contribution in [1.29, 1.82) is 0 Å². The van der Waals surface area contributed by atoms with Crippen LogP contribution in [0.2, 0.25) is 0 Å². The second-order valence-corrected chi connectivity index (χ2v) is 4.24. The topological polar surface area (TPSA) is 57.0 Å². The standard InChI is InChI=1S/C14H17N3O2/c1-3-7-13-15-10-16-17(13)14(19-11(2)18)12-8-5-4-6-9-12/h4-6,8-10,14H,3,7H2,1-2H3. The number of benzene rings is 1. The van der Waals surface area contributed by atoms with E-state index in [4.69, 9.17) is 4.74 Å². The highest BCUT2D eigenvalue weighted by molar-refractivity contribution is 5.66. The van der Waals surface area contributed by atoms with Crippen molar-refractivity contribution in [3.8, 4) is 0 Å². The summed E-state index contributed by atoms with van der Waals surface area (Å²) in [5.74, 6) is 0.476. The number of carbonyl (C=O) groups is 1. The van der Waals surface area contributed by atoms with Crippen LogP contribution in [0.15, 0.2) is 36.7 Å². The molecule has 2 rings (SSSR count). The number of aromatic nitrogens is 3. The van der Waals surface area contributed by atoms with Gasteiger partial charge in [0.2, 0.25) is 6.23 Å². The minimum Gasteiger partial charge on any atom is -0.435 e. The summed E-state index contributed by atoms with van der Waals surface area (Å²) in [6.45, 7) is 3.47. The molecule has 0 N–H and O–H groups in total. The van der Waals surface area contributed by atoms with E-state index in [1.165, 1.54) is 13.3 Å². The van der Waals surface area contributed by atoms with Crippen LogP contribution in [-0.4, -0.2) is 20.7 Å². The molecule has 0 fully saturated rings. The maximum atomic E-state index is 11.3. The normalized spacial score (nSPS) is 12.1. The highest BCUT2D eigenvalue weighted by Gasteiger charge is 2.20. The first-order valence-corrected chi connectivity index (χ1v) is 6.33. The number of rotatable bonds is 5. The molecule has 0 spiro atoms. The fourth-order valence-corrected chi connectivity index (χ4v) is 1.91. The summed E-state index contributed by atoms with van der Waals surface area (Å²) in [4.78, 5) is 15.5. The highest BCUT2D eigenvalue weighted by atomic mass is 16.6. The Morgan fingerprint density at radius 3 is 2.74 bits per heavy atom. The van der Waals surface area contributed by atoms with Crippen LogP contribution in [0.4, 0.5) is 0 Å². The Labute approximate surface area is 112 Å². The molecule has 5 nitrogen and oxygen atoms in total. The van der Waals surface area contributed by atoms with Crippen molar-refractivity contribution >= 4 is 5.97 Å². The number of hydrogen-bond acceptors (Lipinski definition) is 4. The van der Waals surface area contributed by atoms with Crippen molar-refractivity contribution in [3.05, 3.63) is 48.0 Å². The lowest BCUT2D eigenvalue weighted by Gasteiger charge is -2.19. The first-order valence-electron chi connectivity index (χ1n) is 6.33. The molecule has 1 atom stereocenters. The van der Waals surface area contributed by atoms with Crippen LogP contribution in [0.5, 0.6) is 0 Å². The van der Waals surface area contributed by atoms with Crippen molar-refractivity contribution in [3.63, 3.8) is 0 Å². The number of hydrogen-bond donors (Lipinski definition) is 0. The van der Waals surface area contributed by atoms with Gasteiger partial charge >= 0.3 is 5.97 Å². The van der Waals surface area contributed by atoms with E-state index in [0.29, 0.717) is 0 Å².